The lowest BCUT2D eigenvalue weighted by molar-refractivity contribution is 0.0935. The Balaban J connectivity index is 1.82. The predicted molar refractivity (Wildman–Crippen MR) is 87.0 cm³/mol. The second-order valence-electron chi connectivity index (χ2n) is 5.41. The van der Waals surface area contributed by atoms with Crippen molar-refractivity contribution < 1.29 is 9.53 Å². The fourth-order valence-corrected chi connectivity index (χ4v) is 2.36. The molecule has 0 bridgehead atoms. The summed E-state index contributed by atoms with van der Waals surface area (Å²) in [5, 5.41) is 6.29. The summed E-state index contributed by atoms with van der Waals surface area (Å²) in [7, 11) is 0. The Bertz CT molecular complexity index is 725. The van der Waals surface area contributed by atoms with Gasteiger partial charge < -0.3 is 15.4 Å². The van der Waals surface area contributed by atoms with Gasteiger partial charge in [0.25, 0.3) is 5.91 Å². The van der Waals surface area contributed by atoms with Crippen LogP contribution in [0.3, 0.4) is 0 Å². The SMILES string of the molecule is C=C(C)COc1cccc(C2NC(=O)c3ccccc3N2)c1. The molecule has 4 heteroatoms. The van der Waals surface area contributed by atoms with Crippen molar-refractivity contribution in [2.75, 3.05) is 11.9 Å². The van der Waals surface area contributed by atoms with Crippen molar-refractivity contribution in [2.24, 2.45) is 0 Å². The van der Waals surface area contributed by atoms with Crippen LogP contribution in [0.5, 0.6) is 5.75 Å². The lowest BCUT2D eigenvalue weighted by Gasteiger charge is -2.28. The topological polar surface area (TPSA) is 50.4 Å². The number of para-hydroxylation sites is 1. The van der Waals surface area contributed by atoms with Gasteiger partial charge in [0, 0.05) is 5.69 Å². The Morgan fingerprint density at radius 3 is 2.82 bits per heavy atom. The van der Waals surface area contributed by atoms with Gasteiger partial charge in [0.1, 0.15) is 18.5 Å². The van der Waals surface area contributed by atoms with Gasteiger partial charge in [0.15, 0.2) is 0 Å². The molecule has 0 radical (unpaired) electrons. The molecule has 1 unspecified atom stereocenters. The van der Waals surface area contributed by atoms with Crippen LogP contribution in [0, 0.1) is 0 Å². The molecule has 0 aromatic heterocycles. The summed E-state index contributed by atoms with van der Waals surface area (Å²) in [6.45, 7) is 6.23. The normalized spacial score (nSPS) is 16.2. The van der Waals surface area contributed by atoms with Crippen molar-refractivity contribution >= 4 is 11.6 Å². The molecule has 3 rings (SSSR count). The average Bonchev–Trinajstić information content (AvgIpc) is 2.53. The highest BCUT2D eigenvalue weighted by atomic mass is 16.5. The van der Waals surface area contributed by atoms with Crippen LogP contribution in [0.15, 0.2) is 60.7 Å². The van der Waals surface area contributed by atoms with E-state index in [4.69, 9.17) is 4.74 Å². The summed E-state index contributed by atoms with van der Waals surface area (Å²) in [6.07, 6.45) is -0.268. The number of rotatable bonds is 4. The minimum atomic E-state index is -0.268. The zero-order valence-electron chi connectivity index (χ0n) is 12.4. The first-order chi connectivity index (χ1) is 10.6. The van der Waals surface area contributed by atoms with E-state index >= 15 is 0 Å². The second kappa shape index (κ2) is 5.93. The molecule has 4 nitrogen and oxygen atoms in total. The number of amides is 1. The van der Waals surface area contributed by atoms with E-state index in [9.17, 15) is 4.79 Å². The molecule has 1 atom stereocenters. The van der Waals surface area contributed by atoms with E-state index in [1.807, 2.05) is 49.4 Å². The molecule has 0 saturated carbocycles. The molecule has 0 fully saturated rings. The van der Waals surface area contributed by atoms with E-state index in [2.05, 4.69) is 17.2 Å². The van der Waals surface area contributed by atoms with E-state index in [-0.39, 0.29) is 12.1 Å². The standard InChI is InChI=1S/C18H18N2O2/c1-12(2)11-22-14-7-5-6-13(10-14)17-19-16-9-4-3-8-15(16)18(21)20-17/h3-10,17,19H,1,11H2,2H3,(H,20,21). The smallest absolute Gasteiger partial charge is 0.255 e. The number of ether oxygens (including phenoxy) is 1. The van der Waals surface area contributed by atoms with Gasteiger partial charge in [-0.25, -0.2) is 0 Å². The maximum Gasteiger partial charge on any atom is 0.255 e. The molecule has 1 aliphatic heterocycles. The number of hydrogen-bond donors (Lipinski definition) is 2. The van der Waals surface area contributed by atoms with Crippen molar-refractivity contribution in [3.8, 4) is 5.75 Å². The summed E-state index contributed by atoms with van der Waals surface area (Å²) in [5.74, 6) is 0.683. The van der Waals surface area contributed by atoms with Crippen molar-refractivity contribution in [2.45, 2.75) is 13.1 Å². The molecule has 1 amide bonds. The highest BCUT2D eigenvalue weighted by Crippen LogP contribution is 2.27. The molecule has 112 valence electrons. The van der Waals surface area contributed by atoms with E-state index in [0.29, 0.717) is 12.2 Å². The molecule has 0 saturated heterocycles. The molecule has 0 spiro atoms. The number of anilines is 1. The predicted octanol–water partition coefficient (Wildman–Crippen LogP) is 3.50. The van der Waals surface area contributed by atoms with E-state index in [0.717, 1.165) is 22.6 Å². The van der Waals surface area contributed by atoms with E-state index in [1.165, 1.54) is 0 Å². The molecule has 2 aromatic carbocycles. The Morgan fingerprint density at radius 2 is 2.00 bits per heavy atom. The van der Waals surface area contributed by atoms with Crippen LogP contribution >= 0.6 is 0 Å². The summed E-state index contributed by atoms with van der Waals surface area (Å²) >= 11 is 0. The van der Waals surface area contributed by atoms with Gasteiger partial charge in [-0.15, -0.1) is 0 Å². The van der Waals surface area contributed by atoms with Gasteiger partial charge in [-0.3, -0.25) is 4.79 Å². The summed E-state index contributed by atoms with van der Waals surface area (Å²) in [6, 6.07) is 15.2. The van der Waals surface area contributed by atoms with Crippen LogP contribution in [0.2, 0.25) is 0 Å². The second-order valence-corrected chi connectivity index (χ2v) is 5.41. The number of carbonyl (C=O) groups is 1. The maximum atomic E-state index is 12.2. The van der Waals surface area contributed by atoms with Gasteiger partial charge in [0.05, 0.1) is 5.56 Å². The summed E-state index contributed by atoms with van der Waals surface area (Å²) in [4.78, 5) is 12.2. The fourth-order valence-electron chi connectivity index (χ4n) is 2.36. The van der Waals surface area contributed by atoms with Gasteiger partial charge in [-0.05, 0) is 42.3 Å². The molecular weight excluding hydrogens is 276 g/mol. The molecule has 1 heterocycles. The quantitative estimate of drug-likeness (QED) is 0.849. The van der Waals surface area contributed by atoms with Crippen LogP contribution < -0.4 is 15.4 Å². The average molecular weight is 294 g/mol. The minimum Gasteiger partial charge on any atom is -0.489 e. The first-order valence-electron chi connectivity index (χ1n) is 7.17. The molecule has 2 N–H and O–H groups in total. The van der Waals surface area contributed by atoms with Gasteiger partial charge in [0.2, 0.25) is 0 Å². The number of hydrogen-bond acceptors (Lipinski definition) is 3. The van der Waals surface area contributed by atoms with E-state index < -0.39 is 0 Å². The zero-order chi connectivity index (χ0) is 15.5. The van der Waals surface area contributed by atoms with Gasteiger partial charge in [-0.1, -0.05) is 30.8 Å². The van der Waals surface area contributed by atoms with Crippen LogP contribution in [-0.2, 0) is 0 Å². The number of fused-ring (bicyclic) bond motifs is 1. The van der Waals surface area contributed by atoms with Crippen LogP contribution in [-0.4, -0.2) is 12.5 Å². The lowest BCUT2D eigenvalue weighted by atomic mass is 10.1. The van der Waals surface area contributed by atoms with Crippen molar-refractivity contribution in [1.29, 1.82) is 0 Å². The van der Waals surface area contributed by atoms with Crippen molar-refractivity contribution in [3.63, 3.8) is 0 Å². The summed E-state index contributed by atoms with van der Waals surface area (Å²) in [5.41, 5.74) is 3.41. The first-order valence-corrected chi connectivity index (χ1v) is 7.17. The molecule has 2 aromatic rings. The van der Waals surface area contributed by atoms with Crippen LogP contribution in [0.4, 0.5) is 5.69 Å². The largest absolute Gasteiger partial charge is 0.489 e. The number of nitrogens with one attached hydrogen (secondary N) is 2. The molecular formula is C18H18N2O2. The van der Waals surface area contributed by atoms with Crippen molar-refractivity contribution in [1.82, 2.24) is 5.32 Å². The number of carbonyl (C=O) groups excluding carboxylic acids is 1. The first kappa shape index (κ1) is 14.2. The highest BCUT2D eigenvalue weighted by Gasteiger charge is 2.24. The Hall–Kier alpha value is -2.75. The summed E-state index contributed by atoms with van der Waals surface area (Å²) < 4.78 is 5.66. The van der Waals surface area contributed by atoms with Crippen LogP contribution in [0.25, 0.3) is 0 Å². The Morgan fingerprint density at radius 1 is 1.18 bits per heavy atom. The van der Waals surface area contributed by atoms with Gasteiger partial charge >= 0.3 is 0 Å². The maximum absolute atomic E-state index is 12.2. The molecule has 0 aliphatic carbocycles. The Labute approximate surface area is 129 Å². The monoisotopic (exact) mass is 294 g/mol. The third-order valence-electron chi connectivity index (χ3n) is 3.42. The molecule has 22 heavy (non-hydrogen) atoms. The highest BCUT2D eigenvalue weighted by molar-refractivity contribution is 6.01. The minimum absolute atomic E-state index is 0.0763. The fraction of sp³-hybridized carbons (Fsp3) is 0.167. The Kier molecular flexibility index (Phi) is 3.83. The third-order valence-corrected chi connectivity index (χ3v) is 3.42. The number of benzene rings is 2. The zero-order valence-corrected chi connectivity index (χ0v) is 12.4. The molecule has 1 aliphatic rings. The van der Waals surface area contributed by atoms with Crippen molar-refractivity contribution in [3.05, 3.63) is 71.8 Å². The third kappa shape index (κ3) is 2.96. The van der Waals surface area contributed by atoms with Gasteiger partial charge in [-0.2, -0.15) is 0 Å². The van der Waals surface area contributed by atoms with Crippen LogP contribution in [0.1, 0.15) is 29.0 Å². The van der Waals surface area contributed by atoms with E-state index in [1.54, 1.807) is 6.07 Å². The lowest BCUT2D eigenvalue weighted by Crippen LogP contribution is -2.38.